The monoisotopic (exact) mass is 610 g/mol. The highest BCUT2D eigenvalue weighted by Gasteiger charge is 2.38. The van der Waals surface area contributed by atoms with Crippen molar-refractivity contribution in [3.63, 3.8) is 0 Å². The third-order valence-electron chi connectivity index (χ3n) is 5.35. The second-order valence-corrected chi connectivity index (χ2v) is 8.14. The Labute approximate surface area is 222 Å². The molecule has 224 valence electrons. The molecule has 0 saturated heterocycles. The lowest BCUT2D eigenvalue weighted by atomic mass is 9.95. The van der Waals surface area contributed by atoms with Crippen LogP contribution in [-0.2, 0) is 12.8 Å². The average Bonchev–Trinajstić information content (AvgIpc) is 2.85. The number of alkyl halides is 5. The fourth-order valence-electron chi connectivity index (χ4n) is 3.76. The van der Waals surface area contributed by atoms with Gasteiger partial charge in [0.15, 0.2) is 29.0 Å². The second-order valence-electron chi connectivity index (χ2n) is 8.14. The smallest absolute Gasteiger partial charge is 0.487 e. The van der Waals surface area contributed by atoms with Crippen LogP contribution in [0.1, 0.15) is 24.5 Å². The van der Waals surface area contributed by atoms with E-state index in [-0.39, 0.29) is 31.2 Å². The summed E-state index contributed by atoms with van der Waals surface area (Å²) in [5.41, 5.74) is -5.57. The Hall–Kier alpha value is -3.85. The summed E-state index contributed by atoms with van der Waals surface area (Å²) in [5, 5.41) is 0. The first-order valence-corrected chi connectivity index (χ1v) is 11.3. The molecule has 0 bridgehead atoms. The molecule has 3 nitrogen and oxygen atoms in total. The summed E-state index contributed by atoms with van der Waals surface area (Å²) in [7, 11) is 0. The van der Waals surface area contributed by atoms with E-state index < -0.39 is 112 Å². The summed E-state index contributed by atoms with van der Waals surface area (Å²) in [6.07, 6.45) is -8.37. The van der Waals surface area contributed by atoms with Crippen LogP contribution in [0, 0.1) is 46.5 Å². The molecule has 0 spiro atoms. The molecule has 16 heteroatoms. The summed E-state index contributed by atoms with van der Waals surface area (Å²) in [5.74, 6) is -21.3. The van der Waals surface area contributed by atoms with Gasteiger partial charge in [0.25, 0.3) is 0 Å². The van der Waals surface area contributed by atoms with Crippen molar-refractivity contribution in [2.75, 3.05) is 6.61 Å². The van der Waals surface area contributed by atoms with E-state index in [1.165, 1.54) is 6.92 Å². The van der Waals surface area contributed by atoms with Crippen LogP contribution in [0.15, 0.2) is 18.2 Å². The molecule has 0 aliphatic heterocycles. The summed E-state index contributed by atoms with van der Waals surface area (Å²) in [6, 6.07) is 0.741. The van der Waals surface area contributed by atoms with Gasteiger partial charge in [-0.2, -0.15) is 17.6 Å². The second kappa shape index (κ2) is 12.3. The molecule has 0 amide bonds. The number of hydrogen-bond donors (Lipinski definition) is 0. The zero-order chi connectivity index (χ0) is 30.8. The van der Waals surface area contributed by atoms with E-state index in [9.17, 15) is 48.3 Å². The van der Waals surface area contributed by atoms with Crippen LogP contribution in [0.2, 0.25) is 0 Å². The van der Waals surface area contributed by atoms with Crippen molar-refractivity contribution in [3.05, 3.63) is 75.9 Å². The predicted octanol–water partition coefficient (Wildman–Crippen LogP) is 8.54. The lowest BCUT2D eigenvalue weighted by Crippen LogP contribution is -2.21. The van der Waals surface area contributed by atoms with Gasteiger partial charge in [0.1, 0.15) is 17.4 Å². The van der Waals surface area contributed by atoms with Crippen LogP contribution in [0.4, 0.5) is 57.1 Å². The summed E-state index contributed by atoms with van der Waals surface area (Å²) >= 11 is 0. The van der Waals surface area contributed by atoms with E-state index in [1.807, 2.05) is 0 Å². The van der Waals surface area contributed by atoms with E-state index in [4.69, 9.17) is 0 Å². The Morgan fingerprint density at radius 2 is 1.20 bits per heavy atom. The van der Waals surface area contributed by atoms with Crippen LogP contribution in [0.3, 0.4) is 0 Å². The fourth-order valence-corrected chi connectivity index (χ4v) is 3.76. The maximum Gasteiger partial charge on any atom is 0.573 e. The third kappa shape index (κ3) is 6.90. The molecule has 0 aliphatic rings. The van der Waals surface area contributed by atoms with Crippen LogP contribution in [-0.4, -0.2) is 19.6 Å². The molecule has 0 radical (unpaired) electrons. The van der Waals surface area contributed by atoms with Gasteiger partial charge in [0.2, 0.25) is 17.4 Å². The van der Waals surface area contributed by atoms with Crippen molar-refractivity contribution in [2.45, 2.75) is 39.2 Å². The Kier molecular flexibility index (Phi) is 9.54. The molecule has 3 aromatic carbocycles. The van der Waals surface area contributed by atoms with E-state index in [2.05, 4.69) is 14.2 Å². The maximum atomic E-state index is 15.2. The number of rotatable bonds is 10. The van der Waals surface area contributed by atoms with E-state index >= 15 is 8.78 Å². The van der Waals surface area contributed by atoms with Crippen molar-refractivity contribution >= 4 is 0 Å². The van der Waals surface area contributed by atoms with Crippen molar-refractivity contribution < 1.29 is 71.3 Å². The molecule has 3 rings (SSSR count). The van der Waals surface area contributed by atoms with Gasteiger partial charge in [-0.3, -0.25) is 0 Å². The quantitative estimate of drug-likeness (QED) is 0.170. The average molecular weight is 610 g/mol. The zero-order valence-electron chi connectivity index (χ0n) is 20.3. The Bertz CT molecular complexity index is 1390. The standard InChI is InChI=1S/C25H15F13O3/c1-2-5-39-22-19(32)15(28)12(16(29)20(22)33)3-4-13-17(30)23(41-25(36,37)38)18(31)14(21(13)40-24(34)35)9-6-10(26)8-11(27)7-9/h6-8,24H,2-5H2,1H3. The van der Waals surface area contributed by atoms with Gasteiger partial charge in [-0.1, -0.05) is 6.92 Å². The Morgan fingerprint density at radius 1 is 0.659 bits per heavy atom. The number of ether oxygens (including phenoxy) is 3. The van der Waals surface area contributed by atoms with Crippen LogP contribution in [0.25, 0.3) is 11.1 Å². The van der Waals surface area contributed by atoms with Gasteiger partial charge >= 0.3 is 13.0 Å². The Balaban J connectivity index is 2.28. The molecule has 41 heavy (non-hydrogen) atoms. The van der Waals surface area contributed by atoms with E-state index in [1.54, 1.807) is 0 Å². The van der Waals surface area contributed by atoms with Gasteiger partial charge < -0.3 is 14.2 Å². The summed E-state index contributed by atoms with van der Waals surface area (Å²) in [4.78, 5) is 0. The minimum atomic E-state index is -5.81. The van der Waals surface area contributed by atoms with Crippen molar-refractivity contribution in [1.29, 1.82) is 0 Å². The molecule has 0 fully saturated rings. The molecular weight excluding hydrogens is 595 g/mol. The first-order chi connectivity index (χ1) is 19.1. The molecule has 3 aromatic rings. The lowest BCUT2D eigenvalue weighted by Gasteiger charge is -2.21. The molecule has 0 unspecified atom stereocenters. The highest BCUT2D eigenvalue weighted by Crippen LogP contribution is 2.46. The molecular formula is C25H15F13O3. The van der Waals surface area contributed by atoms with Crippen LogP contribution >= 0.6 is 0 Å². The lowest BCUT2D eigenvalue weighted by molar-refractivity contribution is -0.276. The van der Waals surface area contributed by atoms with Gasteiger partial charge in [0, 0.05) is 17.2 Å². The van der Waals surface area contributed by atoms with E-state index in [0.29, 0.717) is 0 Å². The summed E-state index contributed by atoms with van der Waals surface area (Å²) < 4.78 is 193. The van der Waals surface area contributed by atoms with Crippen LogP contribution < -0.4 is 14.2 Å². The van der Waals surface area contributed by atoms with Gasteiger partial charge in [0.05, 0.1) is 12.2 Å². The molecule has 0 heterocycles. The molecule has 0 aromatic heterocycles. The van der Waals surface area contributed by atoms with Gasteiger partial charge in [-0.15, -0.1) is 13.2 Å². The summed E-state index contributed by atoms with van der Waals surface area (Å²) in [6.45, 7) is -2.83. The largest absolute Gasteiger partial charge is 0.573 e. The molecule has 0 N–H and O–H groups in total. The normalized spacial score (nSPS) is 11.8. The van der Waals surface area contributed by atoms with Crippen LogP contribution in [0.5, 0.6) is 17.2 Å². The molecule has 0 aliphatic carbocycles. The maximum absolute atomic E-state index is 15.2. The number of hydrogen-bond acceptors (Lipinski definition) is 3. The SMILES string of the molecule is CCCOc1c(F)c(F)c(CCc2c(F)c(OC(F)(F)F)c(F)c(-c3cc(F)cc(F)c3)c2OC(F)F)c(F)c1F. The highest BCUT2D eigenvalue weighted by atomic mass is 19.4. The number of benzene rings is 3. The first kappa shape index (κ1) is 31.7. The zero-order valence-corrected chi connectivity index (χ0v) is 20.3. The minimum absolute atomic E-state index is 0.167. The highest BCUT2D eigenvalue weighted by molar-refractivity contribution is 5.75. The molecule has 0 atom stereocenters. The molecule has 0 saturated carbocycles. The minimum Gasteiger partial charge on any atom is -0.487 e. The topological polar surface area (TPSA) is 27.7 Å². The predicted molar refractivity (Wildman–Crippen MR) is 114 cm³/mol. The third-order valence-corrected chi connectivity index (χ3v) is 5.35. The van der Waals surface area contributed by atoms with Gasteiger partial charge in [-0.05, 0) is 37.0 Å². The van der Waals surface area contributed by atoms with Gasteiger partial charge in [-0.25, -0.2) is 26.3 Å². The Morgan fingerprint density at radius 3 is 1.68 bits per heavy atom. The fraction of sp³-hybridized carbons (Fsp3) is 0.280. The first-order valence-electron chi connectivity index (χ1n) is 11.3. The van der Waals surface area contributed by atoms with Crippen molar-refractivity contribution in [2.24, 2.45) is 0 Å². The number of halogens is 13. The van der Waals surface area contributed by atoms with E-state index in [0.717, 1.165) is 0 Å². The van der Waals surface area contributed by atoms with Crippen molar-refractivity contribution in [3.8, 4) is 28.4 Å². The van der Waals surface area contributed by atoms with Crippen molar-refractivity contribution in [1.82, 2.24) is 0 Å².